The number of rotatable bonds is 5. The molecule has 0 spiro atoms. The molecule has 1 aromatic heterocycles. The van der Waals surface area contributed by atoms with Crippen LogP contribution >= 0.6 is 12.2 Å². The van der Waals surface area contributed by atoms with Gasteiger partial charge in [0.05, 0.1) is 5.75 Å². The van der Waals surface area contributed by atoms with Crippen LogP contribution < -0.4 is 5.32 Å². The van der Waals surface area contributed by atoms with Crippen molar-refractivity contribution in [3.63, 3.8) is 0 Å². The number of carbonyl (C=O) groups excluding carboxylic acids is 1. The number of anilines is 1. The quantitative estimate of drug-likeness (QED) is 0.658. The molecule has 0 fully saturated rings. The third-order valence-corrected chi connectivity index (χ3v) is 4.85. The number of nitrogens with zero attached hydrogens (tertiary/aromatic N) is 1. The van der Waals surface area contributed by atoms with E-state index >= 15 is 0 Å². The van der Waals surface area contributed by atoms with Gasteiger partial charge in [-0.15, -0.1) is 0 Å². The van der Waals surface area contributed by atoms with Crippen LogP contribution in [-0.2, 0) is 15.6 Å². The van der Waals surface area contributed by atoms with E-state index in [1.54, 1.807) is 41.1 Å². The number of imidazole rings is 1. The molecule has 1 heterocycles. The van der Waals surface area contributed by atoms with Gasteiger partial charge >= 0.3 is 0 Å². The minimum atomic E-state index is -3.10. The summed E-state index contributed by atoms with van der Waals surface area (Å²) in [6.45, 7) is 0. The summed E-state index contributed by atoms with van der Waals surface area (Å²) >= 11 is 5.20. The average molecular weight is 387 g/mol. The van der Waals surface area contributed by atoms with Crippen molar-refractivity contribution in [2.24, 2.45) is 0 Å². The van der Waals surface area contributed by atoms with Crippen molar-refractivity contribution >= 4 is 33.6 Å². The molecule has 0 atom stereocenters. The molecular weight excluding hydrogens is 370 g/mol. The topological polar surface area (TPSA) is 84.0 Å². The molecule has 0 aliphatic heterocycles. The summed E-state index contributed by atoms with van der Waals surface area (Å²) in [7, 11) is -3.10. The van der Waals surface area contributed by atoms with Crippen molar-refractivity contribution < 1.29 is 13.2 Å². The van der Waals surface area contributed by atoms with Crippen molar-refractivity contribution in [2.75, 3.05) is 11.6 Å². The van der Waals surface area contributed by atoms with Crippen LogP contribution in [-0.4, -0.2) is 30.1 Å². The maximum Gasteiger partial charge on any atom is 0.255 e. The number of nitrogens with one attached hydrogen (secondary N) is 2. The van der Waals surface area contributed by atoms with E-state index in [0.29, 0.717) is 21.6 Å². The van der Waals surface area contributed by atoms with Gasteiger partial charge in [-0.25, -0.2) is 8.42 Å². The molecular formula is C18H17N3O3S2. The van der Waals surface area contributed by atoms with Gasteiger partial charge in [-0.3, -0.25) is 9.36 Å². The van der Waals surface area contributed by atoms with Crippen LogP contribution in [0.2, 0.25) is 0 Å². The van der Waals surface area contributed by atoms with E-state index in [2.05, 4.69) is 10.3 Å². The lowest BCUT2D eigenvalue weighted by Gasteiger charge is -2.09. The first-order chi connectivity index (χ1) is 12.3. The first-order valence-electron chi connectivity index (χ1n) is 7.76. The third kappa shape index (κ3) is 4.47. The van der Waals surface area contributed by atoms with E-state index in [4.69, 9.17) is 12.2 Å². The van der Waals surface area contributed by atoms with Gasteiger partial charge in [0.1, 0.15) is 0 Å². The summed E-state index contributed by atoms with van der Waals surface area (Å²) in [5.41, 5.74) is 2.56. The van der Waals surface area contributed by atoms with E-state index in [9.17, 15) is 13.2 Å². The van der Waals surface area contributed by atoms with Gasteiger partial charge in [0, 0.05) is 35.6 Å². The molecule has 0 aliphatic rings. The van der Waals surface area contributed by atoms with Gasteiger partial charge in [0.2, 0.25) is 0 Å². The zero-order valence-corrected chi connectivity index (χ0v) is 15.6. The highest BCUT2D eigenvalue weighted by Crippen LogP contribution is 2.16. The van der Waals surface area contributed by atoms with Crippen LogP contribution in [0.15, 0.2) is 60.9 Å². The number of carbonyl (C=O) groups is 1. The maximum atomic E-state index is 12.4. The third-order valence-electron chi connectivity index (χ3n) is 3.68. The van der Waals surface area contributed by atoms with Crippen LogP contribution in [0.25, 0.3) is 5.69 Å². The molecule has 2 N–H and O–H groups in total. The zero-order valence-electron chi connectivity index (χ0n) is 14.0. The van der Waals surface area contributed by atoms with Gasteiger partial charge in [-0.05, 0) is 48.1 Å². The molecule has 0 radical (unpaired) electrons. The fourth-order valence-electron chi connectivity index (χ4n) is 2.52. The Morgan fingerprint density at radius 1 is 1.19 bits per heavy atom. The van der Waals surface area contributed by atoms with Crippen molar-refractivity contribution in [3.05, 3.63) is 76.8 Å². The lowest BCUT2D eigenvalue weighted by molar-refractivity contribution is 0.102. The Labute approximate surface area is 156 Å². The number of H-pyrrole nitrogens is 1. The summed E-state index contributed by atoms with van der Waals surface area (Å²) in [5, 5.41) is 2.83. The standard InChI is InChI=1S/C18H17N3O3S2/c1-26(23,24)12-13-5-7-14(8-6-13)17(22)20-15-3-2-4-16(11-15)21-10-9-19-18(21)25/h2-11H,12H2,1H3,(H,19,25)(H,20,22). The Balaban J connectivity index is 1.76. The number of aromatic amines is 1. The molecule has 3 rings (SSSR count). The highest BCUT2D eigenvalue weighted by Gasteiger charge is 2.09. The van der Waals surface area contributed by atoms with Crippen molar-refractivity contribution in [1.82, 2.24) is 9.55 Å². The molecule has 0 saturated carbocycles. The van der Waals surface area contributed by atoms with Crippen molar-refractivity contribution in [3.8, 4) is 5.69 Å². The second-order valence-electron chi connectivity index (χ2n) is 5.91. The number of aromatic nitrogens is 2. The Hall–Kier alpha value is -2.71. The van der Waals surface area contributed by atoms with Crippen molar-refractivity contribution in [2.45, 2.75) is 5.75 Å². The van der Waals surface area contributed by atoms with Gasteiger partial charge in [0.15, 0.2) is 14.6 Å². The number of sulfone groups is 1. The van der Waals surface area contributed by atoms with Gasteiger partial charge in [-0.2, -0.15) is 0 Å². The second kappa shape index (κ2) is 7.27. The smallest absolute Gasteiger partial charge is 0.255 e. The Kier molecular flexibility index (Phi) is 5.06. The summed E-state index contributed by atoms with van der Waals surface area (Å²) in [5.74, 6) is -0.320. The second-order valence-corrected chi connectivity index (χ2v) is 8.43. The van der Waals surface area contributed by atoms with Crippen LogP contribution in [0.3, 0.4) is 0 Å². The Morgan fingerprint density at radius 3 is 2.54 bits per heavy atom. The molecule has 26 heavy (non-hydrogen) atoms. The number of hydrogen-bond acceptors (Lipinski definition) is 4. The predicted octanol–water partition coefficient (Wildman–Crippen LogP) is 3.33. The zero-order chi connectivity index (χ0) is 18.7. The summed E-state index contributed by atoms with van der Waals surface area (Å²) < 4.78 is 25.0. The fraction of sp³-hybridized carbons (Fsp3) is 0.111. The molecule has 0 saturated heterocycles. The van der Waals surface area contributed by atoms with E-state index in [0.717, 1.165) is 5.69 Å². The van der Waals surface area contributed by atoms with Crippen molar-refractivity contribution in [1.29, 1.82) is 0 Å². The molecule has 0 unspecified atom stereocenters. The van der Waals surface area contributed by atoms with Crippen LogP contribution in [0.4, 0.5) is 5.69 Å². The Bertz CT molecular complexity index is 1100. The van der Waals surface area contributed by atoms with Crippen LogP contribution in [0, 0.1) is 4.77 Å². The SMILES string of the molecule is CS(=O)(=O)Cc1ccc(C(=O)Nc2cccc(-n3cc[nH]c3=S)c2)cc1. The van der Waals surface area contributed by atoms with E-state index in [1.807, 2.05) is 24.4 Å². The minimum Gasteiger partial charge on any atom is -0.337 e. The highest BCUT2D eigenvalue weighted by atomic mass is 32.2. The molecule has 0 bridgehead atoms. The van der Waals surface area contributed by atoms with E-state index in [-0.39, 0.29) is 11.7 Å². The predicted molar refractivity (Wildman–Crippen MR) is 104 cm³/mol. The average Bonchev–Trinajstić information content (AvgIpc) is 3.00. The fourth-order valence-corrected chi connectivity index (χ4v) is 3.55. The number of hydrogen-bond donors (Lipinski definition) is 2. The summed E-state index contributed by atoms with van der Waals surface area (Å²) in [4.78, 5) is 15.3. The van der Waals surface area contributed by atoms with Gasteiger partial charge < -0.3 is 10.3 Å². The minimum absolute atomic E-state index is 0.0474. The molecule has 6 nitrogen and oxygen atoms in total. The van der Waals surface area contributed by atoms with E-state index < -0.39 is 9.84 Å². The molecule has 3 aromatic rings. The monoisotopic (exact) mass is 387 g/mol. The molecule has 2 aromatic carbocycles. The molecule has 1 amide bonds. The Morgan fingerprint density at radius 2 is 1.92 bits per heavy atom. The normalized spacial score (nSPS) is 11.3. The number of amides is 1. The maximum absolute atomic E-state index is 12.4. The lowest BCUT2D eigenvalue weighted by atomic mass is 10.1. The molecule has 134 valence electrons. The number of benzene rings is 2. The van der Waals surface area contributed by atoms with E-state index in [1.165, 1.54) is 6.26 Å². The summed E-state index contributed by atoms with van der Waals surface area (Å²) in [6, 6.07) is 13.8. The van der Waals surface area contributed by atoms with Crippen LogP contribution in [0.1, 0.15) is 15.9 Å². The molecule has 8 heteroatoms. The summed E-state index contributed by atoms with van der Waals surface area (Å²) in [6.07, 6.45) is 4.73. The first kappa shape index (κ1) is 18.1. The highest BCUT2D eigenvalue weighted by molar-refractivity contribution is 7.89. The van der Waals surface area contributed by atoms with Gasteiger partial charge in [0.25, 0.3) is 5.91 Å². The lowest BCUT2D eigenvalue weighted by Crippen LogP contribution is -2.12. The molecule has 0 aliphatic carbocycles. The first-order valence-corrected chi connectivity index (χ1v) is 10.2. The van der Waals surface area contributed by atoms with Crippen LogP contribution in [0.5, 0.6) is 0 Å². The largest absolute Gasteiger partial charge is 0.337 e. The van der Waals surface area contributed by atoms with Gasteiger partial charge in [-0.1, -0.05) is 18.2 Å².